The fourth-order valence-corrected chi connectivity index (χ4v) is 8.72. The molecule has 4 atom stereocenters. The molecular formula is C18H36N4O4S2. The molecular weight excluding hydrogens is 400 g/mol. The van der Waals surface area contributed by atoms with E-state index < -0.39 is 20.4 Å². The summed E-state index contributed by atoms with van der Waals surface area (Å²) in [6.07, 6.45) is 2.09. The van der Waals surface area contributed by atoms with Crippen molar-refractivity contribution < 1.29 is 16.8 Å². The van der Waals surface area contributed by atoms with E-state index in [9.17, 15) is 16.8 Å². The molecule has 164 valence electrons. The molecule has 8 nitrogen and oxygen atoms in total. The van der Waals surface area contributed by atoms with Crippen LogP contribution in [-0.4, -0.2) is 86.4 Å². The van der Waals surface area contributed by atoms with Gasteiger partial charge < -0.3 is 0 Å². The number of rotatable bonds is 4. The van der Waals surface area contributed by atoms with Crippen LogP contribution >= 0.6 is 0 Å². The van der Waals surface area contributed by atoms with Gasteiger partial charge in [-0.2, -0.15) is 34.1 Å². The van der Waals surface area contributed by atoms with Crippen LogP contribution in [0.4, 0.5) is 0 Å². The minimum absolute atomic E-state index is 0.222. The van der Waals surface area contributed by atoms with Crippen LogP contribution < -0.4 is 0 Å². The Hall–Kier alpha value is -0.260. The van der Waals surface area contributed by atoms with Crippen LogP contribution in [0, 0.1) is 23.7 Å². The maximum absolute atomic E-state index is 13.0. The fourth-order valence-electron chi connectivity index (χ4n) is 5.05. The van der Waals surface area contributed by atoms with Gasteiger partial charge in [-0.15, -0.1) is 0 Å². The van der Waals surface area contributed by atoms with E-state index in [1.165, 1.54) is 8.61 Å². The molecule has 28 heavy (non-hydrogen) atoms. The molecule has 3 aliphatic heterocycles. The zero-order valence-electron chi connectivity index (χ0n) is 17.6. The largest absolute Gasteiger partial charge is 0.282 e. The van der Waals surface area contributed by atoms with Gasteiger partial charge in [-0.05, 0) is 36.5 Å². The van der Waals surface area contributed by atoms with Crippen molar-refractivity contribution in [1.82, 2.24) is 17.2 Å². The third kappa shape index (κ3) is 4.73. The van der Waals surface area contributed by atoms with E-state index in [-0.39, 0.29) is 26.2 Å². The molecule has 0 amide bonds. The highest BCUT2D eigenvalue weighted by Gasteiger charge is 2.40. The number of piperidine rings is 2. The molecule has 0 aliphatic carbocycles. The van der Waals surface area contributed by atoms with E-state index in [1.54, 1.807) is 8.61 Å². The third-order valence-electron chi connectivity index (χ3n) is 6.17. The number of nitrogens with zero attached hydrogens (tertiary/aromatic N) is 4. The zero-order valence-corrected chi connectivity index (χ0v) is 19.3. The first kappa shape index (κ1) is 22.4. The van der Waals surface area contributed by atoms with Crippen molar-refractivity contribution >= 4 is 20.4 Å². The normalized spacial score (nSPS) is 35.9. The summed E-state index contributed by atoms with van der Waals surface area (Å²) in [6.45, 7) is 11.4. The highest BCUT2D eigenvalue weighted by molar-refractivity contribution is 7.87. The van der Waals surface area contributed by atoms with Crippen molar-refractivity contribution in [2.75, 3.05) is 52.4 Å². The van der Waals surface area contributed by atoms with E-state index >= 15 is 0 Å². The van der Waals surface area contributed by atoms with Crippen LogP contribution in [0.5, 0.6) is 0 Å². The van der Waals surface area contributed by atoms with Crippen molar-refractivity contribution in [2.45, 2.75) is 40.5 Å². The Labute approximate surface area is 171 Å². The maximum atomic E-state index is 13.0. The summed E-state index contributed by atoms with van der Waals surface area (Å²) in [7, 11) is -7.06. The Balaban J connectivity index is 1.63. The number of hydrogen-bond acceptors (Lipinski definition) is 4. The van der Waals surface area contributed by atoms with Gasteiger partial charge in [-0.1, -0.05) is 27.7 Å². The molecule has 0 unspecified atom stereocenters. The van der Waals surface area contributed by atoms with Gasteiger partial charge in [0.1, 0.15) is 0 Å². The zero-order chi connectivity index (χ0) is 20.7. The van der Waals surface area contributed by atoms with Crippen molar-refractivity contribution in [3.8, 4) is 0 Å². The number of piperazine rings is 1. The molecule has 0 spiro atoms. The molecule has 0 aromatic rings. The third-order valence-corrected chi connectivity index (χ3v) is 10.1. The maximum Gasteiger partial charge on any atom is 0.282 e. The van der Waals surface area contributed by atoms with Crippen molar-refractivity contribution in [3.05, 3.63) is 0 Å². The van der Waals surface area contributed by atoms with E-state index in [4.69, 9.17) is 0 Å². The summed E-state index contributed by atoms with van der Waals surface area (Å²) < 4.78 is 58.3. The summed E-state index contributed by atoms with van der Waals surface area (Å²) in [5.41, 5.74) is 0. The van der Waals surface area contributed by atoms with Gasteiger partial charge in [-0.3, -0.25) is 0 Å². The Morgan fingerprint density at radius 2 is 0.750 bits per heavy atom. The van der Waals surface area contributed by atoms with Gasteiger partial charge in [0.25, 0.3) is 20.4 Å². The van der Waals surface area contributed by atoms with Gasteiger partial charge >= 0.3 is 0 Å². The predicted molar refractivity (Wildman–Crippen MR) is 110 cm³/mol. The molecule has 0 radical (unpaired) electrons. The van der Waals surface area contributed by atoms with E-state index in [1.807, 2.05) is 0 Å². The minimum atomic E-state index is -3.53. The molecule has 0 bridgehead atoms. The summed E-state index contributed by atoms with van der Waals surface area (Å²) >= 11 is 0. The SMILES string of the molecule is C[C@@H]1C[C@H](C)CN(S(=O)(=O)N2CCN(S(=O)(=O)N3C[C@H](C)C[C@H](C)C3)CC2)C1. The first-order valence-electron chi connectivity index (χ1n) is 10.5. The van der Waals surface area contributed by atoms with Crippen molar-refractivity contribution in [3.63, 3.8) is 0 Å². The first-order valence-corrected chi connectivity index (χ1v) is 13.3. The molecule has 3 heterocycles. The highest BCUT2D eigenvalue weighted by atomic mass is 32.2. The topological polar surface area (TPSA) is 81.2 Å². The van der Waals surface area contributed by atoms with E-state index in [0.29, 0.717) is 49.9 Å². The summed E-state index contributed by atoms with van der Waals surface area (Å²) in [5.74, 6) is 1.40. The van der Waals surface area contributed by atoms with Gasteiger partial charge in [0.05, 0.1) is 0 Å². The van der Waals surface area contributed by atoms with Crippen LogP contribution in [0.25, 0.3) is 0 Å². The Morgan fingerprint density at radius 1 is 0.500 bits per heavy atom. The van der Waals surface area contributed by atoms with Crippen molar-refractivity contribution in [1.29, 1.82) is 0 Å². The standard InChI is InChI=1S/C18H36N4O4S2/c1-15-9-16(2)12-21(11-15)27(23,24)19-5-7-20(8-6-19)28(25,26)22-13-17(3)10-18(4)14-22/h15-18H,5-14H2,1-4H3/t15-,16+,17-,18+. The summed E-state index contributed by atoms with van der Waals surface area (Å²) in [5, 5.41) is 0. The molecule has 3 saturated heterocycles. The minimum Gasteiger partial charge on any atom is -0.195 e. The van der Waals surface area contributed by atoms with Gasteiger partial charge in [0.15, 0.2) is 0 Å². The quantitative estimate of drug-likeness (QED) is 0.660. The Morgan fingerprint density at radius 3 is 1.00 bits per heavy atom. The highest BCUT2D eigenvalue weighted by Crippen LogP contribution is 2.27. The van der Waals surface area contributed by atoms with Crippen LogP contribution in [0.15, 0.2) is 0 Å². The lowest BCUT2D eigenvalue weighted by molar-refractivity contribution is 0.184. The fraction of sp³-hybridized carbons (Fsp3) is 1.00. The summed E-state index contributed by atoms with van der Waals surface area (Å²) in [6, 6.07) is 0. The number of hydrogen-bond donors (Lipinski definition) is 0. The monoisotopic (exact) mass is 436 g/mol. The lowest BCUT2D eigenvalue weighted by Gasteiger charge is -2.42. The molecule has 0 aromatic heterocycles. The van der Waals surface area contributed by atoms with E-state index in [0.717, 1.165) is 12.8 Å². The first-order chi connectivity index (χ1) is 13.0. The second-order valence-electron chi connectivity index (χ2n) is 9.34. The van der Waals surface area contributed by atoms with Crippen LogP contribution in [0.1, 0.15) is 40.5 Å². The molecule has 10 heteroatoms. The molecule has 3 aliphatic rings. The predicted octanol–water partition coefficient (Wildman–Crippen LogP) is 1.05. The lowest BCUT2D eigenvalue weighted by atomic mass is 9.94. The molecule has 0 N–H and O–H groups in total. The Kier molecular flexibility index (Phi) is 6.78. The molecule has 0 saturated carbocycles. The summed E-state index contributed by atoms with van der Waals surface area (Å²) in [4.78, 5) is 0. The van der Waals surface area contributed by atoms with Crippen LogP contribution in [-0.2, 0) is 20.4 Å². The van der Waals surface area contributed by atoms with Crippen LogP contribution in [0.2, 0.25) is 0 Å². The van der Waals surface area contributed by atoms with Crippen LogP contribution in [0.3, 0.4) is 0 Å². The second kappa shape index (κ2) is 8.47. The Bertz CT molecular complexity index is 666. The van der Waals surface area contributed by atoms with Crippen molar-refractivity contribution in [2.24, 2.45) is 23.7 Å². The average molecular weight is 437 g/mol. The average Bonchev–Trinajstić information content (AvgIpc) is 2.60. The molecule has 3 fully saturated rings. The second-order valence-corrected chi connectivity index (χ2v) is 13.2. The van der Waals surface area contributed by atoms with Gasteiger partial charge in [0.2, 0.25) is 0 Å². The molecule has 0 aromatic carbocycles. The lowest BCUT2D eigenvalue weighted by Crippen LogP contribution is -2.58. The van der Waals surface area contributed by atoms with Gasteiger partial charge in [0, 0.05) is 52.4 Å². The van der Waals surface area contributed by atoms with Gasteiger partial charge in [-0.25, -0.2) is 0 Å². The molecule has 3 rings (SSSR count). The van der Waals surface area contributed by atoms with E-state index in [2.05, 4.69) is 27.7 Å². The smallest absolute Gasteiger partial charge is 0.195 e.